The van der Waals surface area contributed by atoms with Crippen LogP contribution in [0.2, 0.25) is 0 Å². The van der Waals surface area contributed by atoms with Gasteiger partial charge in [-0.05, 0) is 0 Å². The second-order valence-corrected chi connectivity index (χ2v) is 3.15. The van der Waals surface area contributed by atoms with Crippen molar-refractivity contribution < 1.29 is 9.85 Å². The fraction of sp³-hybridized carbons (Fsp3) is 0. The molecule has 0 saturated carbocycles. The molecule has 2 heterocycles. The lowest BCUT2D eigenvalue weighted by Crippen LogP contribution is -2.00. The van der Waals surface area contributed by atoms with Gasteiger partial charge >= 0.3 is 5.69 Å². The zero-order valence-corrected chi connectivity index (χ0v) is 8.23. The summed E-state index contributed by atoms with van der Waals surface area (Å²) in [6.07, 6.45) is 1.01. The lowest BCUT2D eigenvalue weighted by molar-refractivity contribution is -0.385. The summed E-state index contributed by atoms with van der Waals surface area (Å²) in [7, 11) is 0. The predicted molar refractivity (Wildman–Crippen MR) is 57.3 cm³/mol. The SMILES string of the molecule is Nc1nc2ncc([N+](=O)[O-])cc2cc1[N+](=O)[O-]. The Morgan fingerprint density at radius 2 is 1.88 bits per heavy atom. The molecule has 0 unspecified atom stereocenters. The third kappa shape index (κ3) is 1.80. The van der Waals surface area contributed by atoms with E-state index in [-0.39, 0.29) is 22.5 Å². The highest BCUT2D eigenvalue weighted by Gasteiger charge is 2.16. The molecule has 0 aliphatic heterocycles. The summed E-state index contributed by atoms with van der Waals surface area (Å²) < 4.78 is 0. The molecule has 0 spiro atoms. The Morgan fingerprint density at radius 1 is 1.18 bits per heavy atom. The van der Waals surface area contributed by atoms with Crippen molar-refractivity contribution in [3.8, 4) is 0 Å². The van der Waals surface area contributed by atoms with Gasteiger partial charge in [-0.15, -0.1) is 0 Å². The Balaban J connectivity index is 2.72. The van der Waals surface area contributed by atoms with Crippen molar-refractivity contribution >= 4 is 28.2 Å². The smallest absolute Gasteiger partial charge is 0.311 e. The topological polar surface area (TPSA) is 138 Å². The molecule has 2 aromatic rings. The maximum Gasteiger partial charge on any atom is 0.311 e. The van der Waals surface area contributed by atoms with Crippen LogP contribution in [0.1, 0.15) is 0 Å². The predicted octanol–water partition coefficient (Wildman–Crippen LogP) is 1.03. The van der Waals surface area contributed by atoms with E-state index in [1.165, 1.54) is 0 Å². The number of fused-ring (bicyclic) bond motifs is 1. The number of nitro groups is 2. The minimum atomic E-state index is -0.708. The summed E-state index contributed by atoms with van der Waals surface area (Å²) in [6, 6.07) is 2.26. The van der Waals surface area contributed by atoms with Crippen molar-refractivity contribution in [2.75, 3.05) is 5.73 Å². The van der Waals surface area contributed by atoms with Crippen LogP contribution in [0, 0.1) is 20.2 Å². The molecule has 2 N–H and O–H groups in total. The first-order valence-electron chi connectivity index (χ1n) is 4.34. The Bertz CT molecular complexity index is 641. The van der Waals surface area contributed by atoms with Crippen LogP contribution in [0.5, 0.6) is 0 Å². The van der Waals surface area contributed by atoms with Gasteiger partial charge in [0.25, 0.3) is 5.69 Å². The van der Waals surface area contributed by atoms with E-state index in [2.05, 4.69) is 9.97 Å². The molecule has 0 aromatic carbocycles. The molecule has 0 amide bonds. The normalized spacial score (nSPS) is 10.4. The fourth-order valence-electron chi connectivity index (χ4n) is 1.30. The van der Waals surface area contributed by atoms with Crippen molar-refractivity contribution in [3.05, 3.63) is 38.6 Å². The number of nitrogens with two attached hydrogens (primary N) is 1. The Kier molecular flexibility index (Phi) is 2.28. The molecule has 0 saturated heterocycles. The van der Waals surface area contributed by atoms with Gasteiger partial charge in [0.2, 0.25) is 5.82 Å². The zero-order valence-electron chi connectivity index (χ0n) is 8.23. The van der Waals surface area contributed by atoms with Crippen LogP contribution in [0.4, 0.5) is 17.2 Å². The van der Waals surface area contributed by atoms with Crippen molar-refractivity contribution in [1.29, 1.82) is 0 Å². The number of rotatable bonds is 2. The second kappa shape index (κ2) is 3.63. The minimum Gasteiger partial charge on any atom is -0.378 e. The van der Waals surface area contributed by atoms with E-state index >= 15 is 0 Å². The average Bonchev–Trinajstić information content (AvgIpc) is 2.27. The Labute approximate surface area is 93.2 Å². The lowest BCUT2D eigenvalue weighted by atomic mass is 10.2. The van der Waals surface area contributed by atoms with E-state index in [1.54, 1.807) is 0 Å². The number of pyridine rings is 2. The molecule has 86 valence electrons. The number of hydrogen-bond donors (Lipinski definition) is 1. The largest absolute Gasteiger partial charge is 0.378 e. The lowest BCUT2D eigenvalue weighted by Gasteiger charge is -1.99. The Hall–Kier alpha value is -2.84. The molecule has 0 bridgehead atoms. The second-order valence-electron chi connectivity index (χ2n) is 3.15. The van der Waals surface area contributed by atoms with Crippen LogP contribution >= 0.6 is 0 Å². The molecule has 0 fully saturated rings. The highest BCUT2D eigenvalue weighted by molar-refractivity contribution is 5.82. The fourth-order valence-corrected chi connectivity index (χ4v) is 1.30. The molecule has 0 atom stereocenters. The number of nitrogen functional groups attached to an aromatic ring is 1. The van der Waals surface area contributed by atoms with Crippen LogP contribution < -0.4 is 5.73 Å². The van der Waals surface area contributed by atoms with Crippen molar-refractivity contribution in [3.63, 3.8) is 0 Å². The molecule has 0 aliphatic carbocycles. The van der Waals surface area contributed by atoms with Gasteiger partial charge in [0.05, 0.1) is 9.85 Å². The molecular weight excluding hydrogens is 230 g/mol. The summed E-state index contributed by atoms with van der Waals surface area (Å²) in [5.74, 6) is -0.274. The van der Waals surface area contributed by atoms with Crippen LogP contribution in [0.3, 0.4) is 0 Å². The van der Waals surface area contributed by atoms with Crippen molar-refractivity contribution in [2.24, 2.45) is 0 Å². The molecule has 0 radical (unpaired) electrons. The van der Waals surface area contributed by atoms with E-state index < -0.39 is 15.5 Å². The average molecular weight is 235 g/mol. The van der Waals surface area contributed by atoms with Gasteiger partial charge in [-0.3, -0.25) is 20.2 Å². The maximum atomic E-state index is 10.6. The van der Waals surface area contributed by atoms with Gasteiger partial charge in [0.15, 0.2) is 5.65 Å². The first-order chi connectivity index (χ1) is 7.99. The summed E-state index contributed by atoms with van der Waals surface area (Å²) in [5.41, 5.74) is 4.81. The number of anilines is 1. The summed E-state index contributed by atoms with van der Waals surface area (Å²) in [5, 5.41) is 21.3. The quantitative estimate of drug-likeness (QED) is 0.605. The standard InChI is InChI=1S/C8H5N5O4/c9-7-6(13(16)17)2-4-1-5(12(14)15)3-10-8(4)11-7/h1-3H,(H2,9,10,11). The van der Waals surface area contributed by atoms with E-state index in [1.807, 2.05) is 0 Å². The third-order valence-corrected chi connectivity index (χ3v) is 2.07. The molecule has 9 heteroatoms. The molecule has 17 heavy (non-hydrogen) atoms. The maximum absolute atomic E-state index is 10.6. The van der Waals surface area contributed by atoms with E-state index in [4.69, 9.17) is 5.73 Å². The van der Waals surface area contributed by atoms with Crippen LogP contribution in [0.25, 0.3) is 11.0 Å². The van der Waals surface area contributed by atoms with Crippen LogP contribution in [-0.4, -0.2) is 19.8 Å². The number of hydrogen-bond acceptors (Lipinski definition) is 7. The Morgan fingerprint density at radius 3 is 2.47 bits per heavy atom. The summed E-state index contributed by atoms with van der Waals surface area (Å²) in [6.45, 7) is 0. The molecule has 0 aliphatic rings. The highest BCUT2D eigenvalue weighted by atomic mass is 16.6. The zero-order chi connectivity index (χ0) is 12.6. The first kappa shape index (κ1) is 10.7. The minimum absolute atomic E-state index is 0.124. The first-order valence-corrected chi connectivity index (χ1v) is 4.34. The van der Waals surface area contributed by atoms with E-state index in [0.717, 1.165) is 18.3 Å². The summed E-state index contributed by atoms with van der Waals surface area (Å²) >= 11 is 0. The van der Waals surface area contributed by atoms with Crippen molar-refractivity contribution in [2.45, 2.75) is 0 Å². The molecule has 9 nitrogen and oxygen atoms in total. The van der Waals surface area contributed by atoms with Crippen molar-refractivity contribution in [1.82, 2.24) is 9.97 Å². The third-order valence-electron chi connectivity index (χ3n) is 2.07. The van der Waals surface area contributed by atoms with Gasteiger partial charge in [0.1, 0.15) is 6.20 Å². The summed E-state index contributed by atoms with van der Waals surface area (Å²) in [4.78, 5) is 27.2. The highest BCUT2D eigenvalue weighted by Crippen LogP contribution is 2.25. The van der Waals surface area contributed by atoms with Gasteiger partial charge in [-0.25, -0.2) is 9.97 Å². The van der Waals surface area contributed by atoms with E-state index in [9.17, 15) is 20.2 Å². The van der Waals surface area contributed by atoms with Gasteiger partial charge in [-0.2, -0.15) is 0 Å². The van der Waals surface area contributed by atoms with E-state index in [0.29, 0.717) is 0 Å². The number of nitrogens with zero attached hydrogens (tertiary/aromatic N) is 4. The van der Waals surface area contributed by atoms with Crippen LogP contribution in [-0.2, 0) is 0 Å². The van der Waals surface area contributed by atoms with Gasteiger partial charge < -0.3 is 5.73 Å². The molecular formula is C8H5N5O4. The van der Waals surface area contributed by atoms with Gasteiger partial charge in [0, 0.05) is 17.5 Å². The van der Waals surface area contributed by atoms with Gasteiger partial charge in [-0.1, -0.05) is 0 Å². The number of aromatic nitrogens is 2. The van der Waals surface area contributed by atoms with Crippen LogP contribution in [0.15, 0.2) is 18.3 Å². The molecule has 2 aromatic heterocycles. The monoisotopic (exact) mass is 235 g/mol. The molecule has 2 rings (SSSR count).